The highest BCUT2D eigenvalue weighted by Crippen LogP contribution is 2.33. The highest BCUT2D eigenvalue weighted by molar-refractivity contribution is 7.90. The van der Waals surface area contributed by atoms with Gasteiger partial charge in [0.2, 0.25) is 0 Å². The van der Waals surface area contributed by atoms with Crippen LogP contribution in [0.25, 0.3) is 21.3 Å². The Hall–Kier alpha value is -3.23. The standard InChI is InChI=1S/C26H24N2O4S2/c1-34(30,31)22-10-7-18(8-11-22)20-9-12-23-24(17-20)33-26(27-23)32-21-13-15-28(16-14-21)25(29)19-5-3-2-4-6-19/h2-12,17,21H,13-16H2,1H3. The molecule has 174 valence electrons. The number of carbonyl (C=O) groups is 1. The van der Waals surface area contributed by atoms with E-state index in [0.717, 1.165) is 39.7 Å². The van der Waals surface area contributed by atoms with Gasteiger partial charge in [0.25, 0.3) is 11.1 Å². The van der Waals surface area contributed by atoms with Crippen molar-refractivity contribution in [1.29, 1.82) is 0 Å². The number of piperidine rings is 1. The number of thiazole rings is 1. The van der Waals surface area contributed by atoms with Crippen LogP contribution in [0.5, 0.6) is 5.19 Å². The van der Waals surface area contributed by atoms with Crippen LogP contribution in [0.2, 0.25) is 0 Å². The minimum Gasteiger partial charge on any atom is -0.467 e. The van der Waals surface area contributed by atoms with Crippen molar-refractivity contribution in [3.8, 4) is 16.3 Å². The molecule has 0 N–H and O–H groups in total. The quantitative estimate of drug-likeness (QED) is 0.390. The van der Waals surface area contributed by atoms with Gasteiger partial charge in [0.05, 0.1) is 15.1 Å². The number of aromatic nitrogens is 1. The molecule has 6 nitrogen and oxygen atoms in total. The van der Waals surface area contributed by atoms with Crippen LogP contribution in [0.1, 0.15) is 23.2 Å². The third kappa shape index (κ3) is 4.83. The summed E-state index contributed by atoms with van der Waals surface area (Å²) in [6, 6.07) is 22.3. The third-order valence-corrected chi connectivity index (χ3v) is 8.04. The van der Waals surface area contributed by atoms with Crippen molar-refractivity contribution >= 4 is 37.3 Å². The van der Waals surface area contributed by atoms with Crippen LogP contribution in [0.3, 0.4) is 0 Å². The SMILES string of the molecule is CS(=O)(=O)c1ccc(-c2ccc3nc(OC4CCN(C(=O)c5ccccc5)CC4)sc3c2)cc1. The van der Waals surface area contributed by atoms with Crippen LogP contribution in [0.4, 0.5) is 0 Å². The Morgan fingerprint density at radius 3 is 2.32 bits per heavy atom. The lowest BCUT2D eigenvalue weighted by atomic mass is 10.1. The zero-order valence-electron chi connectivity index (χ0n) is 18.7. The lowest BCUT2D eigenvalue weighted by Gasteiger charge is -2.31. The van der Waals surface area contributed by atoms with Crippen molar-refractivity contribution in [2.24, 2.45) is 0 Å². The largest absolute Gasteiger partial charge is 0.467 e. The Bertz CT molecular complexity index is 1420. The van der Waals surface area contributed by atoms with Crippen molar-refractivity contribution in [3.63, 3.8) is 0 Å². The summed E-state index contributed by atoms with van der Waals surface area (Å²) in [6.07, 6.45) is 2.78. The Labute approximate surface area is 202 Å². The molecule has 34 heavy (non-hydrogen) atoms. The molecule has 0 atom stereocenters. The van der Waals surface area contributed by atoms with Gasteiger partial charge in [-0.3, -0.25) is 4.79 Å². The fourth-order valence-electron chi connectivity index (χ4n) is 4.11. The zero-order valence-corrected chi connectivity index (χ0v) is 20.3. The molecule has 1 amide bonds. The molecule has 8 heteroatoms. The van der Waals surface area contributed by atoms with E-state index in [1.54, 1.807) is 12.1 Å². The second-order valence-electron chi connectivity index (χ2n) is 8.43. The molecule has 3 aromatic carbocycles. The summed E-state index contributed by atoms with van der Waals surface area (Å²) in [5, 5.41) is 0.632. The summed E-state index contributed by atoms with van der Waals surface area (Å²) in [7, 11) is -3.22. The summed E-state index contributed by atoms with van der Waals surface area (Å²) in [5.41, 5.74) is 3.53. The van der Waals surface area contributed by atoms with E-state index in [1.165, 1.54) is 17.6 Å². The van der Waals surface area contributed by atoms with Crippen molar-refractivity contribution in [2.75, 3.05) is 19.3 Å². The van der Waals surface area contributed by atoms with Gasteiger partial charge >= 0.3 is 0 Å². The van der Waals surface area contributed by atoms with Crippen LogP contribution in [0.15, 0.2) is 77.7 Å². The van der Waals surface area contributed by atoms with Crippen molar-refractivity contribution in [2.45, 2.75) is 23.8 Å². The van der Waals surface area contributed by atoms with Gasteiger partial charge < -0.3 is 9.64 Å². The van der Waals surface area contributed by atoms with Gasteiger partial charge in [-0.05, 0) is 47.5 Å². The second-order valence-corrected chi connectivity index (χ2v) is 11.4. The molecular formula is C26H24N2O4S2. The van der Waals surface area contributed by atoms with E-state index < -0.39 is 9.84 Å². The van der Waals surface area contributed by atoms with E-state index in [1.807, 2.05) is 59.5 Å². The summed E-state index contributed by atoms with van der Waals surface area (Å²) >= 11 is 1.50. The highest BCUT2D eigenvalue weighted by atomic mass is 32.2. The number of benzene rings is 3. The lowest BCUT2D eigenvalue weighted by Crippen LogP contribution is -2.41. The van der Waals surface area contributed by atoms with E-state index in [-0.39, 0.29) is 12.0 Å². The van der Waals surface area contributed by atoms with Gasteiger partial charge in [-0.15, -0.1) is 0 Å². The Morgan fingerprint density at radius 2 is 1.65 bits per heavy atom. The van der Waals surface area contributed by atoms with Crippen LogP contribution in [-0.2, 0) is 9.84 Å². The van der Waals surface area contributed by atoms with Crippen molar-refractivity contribution < 1.29 is 17.9 Å². The molecule has 0 radical (unpaired) electrons. The van der Waals surface area contributed by atoms with Crippen molar-refractivity contribution in [3.05, 3.63) is 78.4 Å². The van der Waals surface area contributed by atoms with Gasteiger partial charge in [0.1, 0.15) is 6.10 Å². The first-order chi connectivity index (χ1) is 16.4. The monoisotopic (exact) mass is 492 g/mol. The number of fused-ring (bicyclic) bond motifs is 1. The number of sulfone groups is 1. The molecule has 4 aromatic rings. The molecule has 1 fully saturated rings. The van der Waals surface area contributed by atoms with Crippen LogP contribution < -0.4 is 4.74 Å². The van der Waals surface area contributed by atoms with Crippen LogP contribution >= 0.6 is 11.3 Å². The Balaban J connectivity index is 1.24. The maximum Gasteiger partial charge on any atom is 0.274 e. The predicted molar refractivity (Wildman–Crippen MR) is 134 cm³/mol. The van der Waals surface area contributed by atoms with E-state index >= 15 is 0 Å². The average molecular weight is 493 g/mol. The molecule has 0 unspecified atom stereocenters. The normalized spacial score (nSPS) is 14.9. The predicted octanol–water partition coefficient (Wildman–Crippen LogP) is 5.05. The molecular weight excluding hydrogens is 468 g/mol. The Morgan fingerprint density at radius 1 is 0.971 bits per heavy atom. The van der Waals surface area contributed by atoms with E-state index in [9.17, 15) is 13.2 Å². The topological polar surface area (TPSA) is 76.6 Å². The number of ether oxygens (including phenoxy) is 1. The number of nitrogens with zero attached hydrogens (tertiary/aromatic N) is 2. The molecule has 0 aliphatic carbocycles. The summed E-state index contributed by atoms with van der Waals surface area (Å²) in [4.78, 5) is 19.5. The number of likely N-dealkylation sites (tertiary alicyclic amines) is 1. The van der Waals surface area contributed by atoms with Gasteiger partial charge in [-0.25, -0.2) is 13.4 Å². The second kappa shape index (κ2) is 9.19. The summed E-state index contributed by atoms with van der Waals surface area (Å²) in [6.45, 7) is 1.33. The molecule has 1 saturated heterocycles. The highest BCUT2D eigenvalue weighted by Gasteiger charge is 2.25. The third-order valence-electron chi connectivity index (χ3n) is 6.00. The number of hydrogen-bond acceptors (Lipinski definition) is 6. The number of hydrogen-bond donors (Lipinski definition) is 0. The molecule has 0 saturated carbocycles. The molecule has 1 aromatic heterocycles. The fraction of sp³-hybridized carbons (Fsp3) is 0.231. The number of amides is 1. The zero-order chi connectivity index (χ0) is 23.7. The maximum atomic E-state index is 12.6. The van der Waals surface area contributed by atoms with Crippen LogP contribution in [0, 0.1) is 0 Å². The van der Waals surface area contributed by atoms with Gasteiger partial charge in [-0.2, -0.15) is 0 Å². The smallest absolute Gasteiger partial charge is 0.274 e. The van der Waals surface area contributed by atoms with E-state index in [2.05, 4.69) is 11.1 Å². The first kappa shape index (κ1) is 22.6. The number of rotatable bonds is 5. The van der Waals surface area contributed by atoms with Crippen molar-refractivity contribution in [1.82, 2.24) is 9.88 Å². The van der Waals surface area contributed by atoms with Crippen LogP contribution in [-0.4, -0.2) is 49.7 Å². The Kier molecular flexibility index (Phi) is 6.10. The molecule has 1 aliphatic rings. The minimum atomic E-state index is -3.22. The molecule has 1 aliphatic heterocycles. The van der Waals surface area contributed by atoms with Gasteiger partial charge in [0, 0.05) is 37.8 Å². The first-order valence-corrected chi connectivity index (χ1v) is 13.8. The minimum absolute atomic E-state index is 0.0309. The summed E-state index contributed by atoms with van der Waals surface area (Å²) < 4.78 is 30.6. The van der Waals surface area contributed by atoms with E-state index in [0.29, 0.717) is 23.2 Å². The van der Waals surface area contributed by atoms with Gasteiger partial charge in [0.15, 0.2) is 9.84 Å². The molecule has 0 bridgehead atoms. The summed E-state index contributed by atoms with van der Waals surface area (Å²) in [5.74, 6) is 0.0659. The first-order valence-electron chi connectivity index (χ1n) is 11.1. The number of carbonyl (C=O) groups excluding carboxylic acids is 1. The maximum absolute atomic E-state index is 12.6. The average Bonchev–Trinajstić information content (AvgIpc) is 3.25. The molecule has 5 rings (SSSR count). The fourth-order valence-corrected chi connectivity index (χ4v) is 5.66. The van der Waals surface area contributed by atoms with E-state index in [4.69, 9.17) is 4.74 Å². The molecule has 0 spiro atoms. The van der Waals surface area contributed by atoms with Gasteiger partial charge in [-0.1, -0.05) is 47.7 Å². The lowest BCUT2D eigenvalue weighted by molar-refractivity contribution is 0.0595. The molecule has 2 heterocycles.